The lowest BCUT2D eigenvalue weighted by atomic mass is 10.0. The fourth-order valence-corrected chi connectivity index (χ4v) is 5.37. The molecule has 0 saturated heterocycles. The van der Waals surface area contributed by atoms with Gasteiger partial charge in [0.05, 0.1) is 0 Å². The Morgan fingerprint density at radius 2 is 1.62 bits per heavy atom. The number of carbonyl (C=O) groups excluding carboxylic acids is 2. The molecule has 0 unspecified atom stereocenters. The van der Waals surface area contributed by atoms with E-state index in [4.69, 9.17) is 9.47 Å². The first-order chi connectivity index (χ1) is 19.1. The second kappa shape index (κ2) is 12.8. The molecule has 5 rings (SSSR count). The zero-order chi connectivity index (χ0) is 27.0. The highest BCUT2D eigenvalue weighted by atomic mass is 19.1. The van der Waals surface area contributed by atoms with Crippen molar-refractivity contribution in [3.63, 3.8) is 0 Å². The Balaban J connectivity index is 1.40. The van der Waals surface area contributed by atoms with Crippen molar-refractivity contribution < 1.29 is 23.5 Å². The summed E-state index contributed by atoms with van der Waals surface area (Å²) in [4.78, 5) is 29.2. The molecule has 1 N–H and O–H groups in total. The van der Waals surface area contributed by atoms with Gasteiger partial charge in [0.15, 0.2) is 11.5 Å². The average molecular weight is 531 g/mol. The van der Waals surface area contributed by atoms with Crippen LogP contribution in [0.3, 0.4) is 0 Å². The van der Waals surface area contributed by atoms with Gasteiger partial charge in [-0.05, 0) is 48.6 Å². The predicted molar refractivity (Wildman–Crippen MR) is 147 cm³/mol. The van der Waals surface area contributed by atoms with Crippen LogP contribution in [0.2, 0.25) is 0 Å². The fourth-order valence-electron chi connectivity index (χ4n) is 5.37. The molecular formula is C32H35FN2O4. The van der Waals surface area contributed by atoms with E-state index in [1.807, 2.05) is 48.5 Å². The molecule has 1 aliphatic carbocycles. The number of aryl methyl sites for hydroxylation is 1. The first-order valence-corrected chi connectivity index (χ1v) is 13.8. The third-order valence-corrected chi connectivity index (χ3v) is 7.51. The Morgan fingerprint density at radius 1 is 0.897 bits per heavy atom. The standard InChI is InChI=1S/C32H35FN2O4/c33-27-13-7-4-10-25(27)22-35(31(36)17-15-24-14-16-29-30(21-24)39-19-18-38-29)28(20-23-8-2-1-3-9-23)32(37)34-26-11-5-6-12-26/h1-4,7-10,13-14,16,21,26,28H,5-6,11-12,15,17-20,22H2,(H,34,37)/t28-/m0/s1. The van der Waals surface area contributed by atoms with E-state index >= 15 is 0 Å². The van der Waals surface area contributed by atoms with Crippen LogP contribution in [-0.4, -0.2) is 42.0 Å². The van der Waals surface area contributed by atoms with Gasteiger partial charge in [0.1, 0.15) is 25.1 Å². The van der Waals surface area contributed by atoms with Gasteiger partial charge in [-0.1, -0.05) is 67.4 Å². The van der Waals surface area contributed by atoms with E-state index in [0.717, 1.165) is 36.8 Å². The minimum Gasteiger partial charge on any atom is -0.486 e. The Bertz CT molecular complexity index is 1280. The molecule has 2 amide bonds. The first kappa shape index (κ1) is 26.7. The van der Waals surface area contributed by atoms with E-state index in [0.29, 0.717) is 43.1 Å². The molecule has 39 heavy (non-hydrogen) atoms. The third kappa shape index (κ3) is 6.96. The second-order valence-electron chi connectivity index (χ2n) is 10.3. The van der Waals surface area contributed by atoms with Gasteiger partial charge in [-0.3, -0.25) is 9.59 Å². The molecule has 0 bridgehead atoms. The Hall–Kier alpha value is -3.87. The molecule has 1 heterocycles. The van der Waals surface area contributed by atoms with Crippen LogP contribution in [0.5, 0.6) is 11.5 Å². The largest absolute Gasteiger partial charge is 0.486 e. The van der Waals surface area contributed by atoms with Crippen molar-refractivity contribution in [3.05, 3.63) is 95.3 Å². The summed E-state index contributed by atoms with van der Waals surface area (Å²) >= 11 is 0. The van der Waals surface area contributed by atoms with E-state index in [1.54, 1.807) is 23.1 Å². The Kier molecular flexibility index (Phi) is 8.76. The summed E-state index contributed by atoms with van der Waals surface area (Å²) in [6, 6.07) is 21.1. The highest BCUT2D eigenvalue weighted by Crippen LogP contribution is 2.31. The van der Waals surface area contributed by atoms with Crippen LogP contribution >= 0.6 is 0 Å². The second-order valence-corrected chi connectivity index (χ2v) is 10.3. The summed E-state index contributed by atoms with van der Waals surface area (Å²) in [6.45, 7) is 1.02. The van der Waals surface area contributed by atoms with Crippen molar-refractivity contribution in [1.29, 1.82) is 0 Å². The van der Waals surface area contributed by atoms with Crippen LogP contribution < -0.4 is 14.8 Å². The van der Waals surface area contributed by atoms with Crippen molar-refractivity contribution in [3.8, 4) is 11.5 Å². The molecule has 0 aromatic heterocycles. The number of nitrogens with zero attached hydrogens (tertiary/aromatic N) is 1. The third-order valence-electron chi connectivity index (χ3n) is 7.51. The molecular weight excluding hydrogens is 495 g/mol. The van der Waals surface area contributed by atoms with E-state index in [1.165, 1.54) is 6.07 Å². The number of amides is 2. The maximum Gasteiger partial charge on any atom is 0.243 e. The minimum atomic E-state index is -0.764. The topological polar surface area (TPSA) is 67.9 Å². The van der Waals surface area contributed by atoms with Crippen LogP contribution in [-0.2, 0) is 29.0 Å². The number of hydrogen-bond donors (Lipinski definition) is 1. The number of nitrogens with one attached hydrogen (secondary N) is 1. The lowest BCUT2D eigenvalue weighted by Gasteiger charge is -2.32. The highest BCUT2D eigenvalue weighted by Gasteiger charge is 2.32. The van der Waals surface area contributed by atoms with Gasteiger partial charge in [0, 0.05) is 31.0 Å². The lowest BCUT2D eigenvalue weighted by Crippen LogP contribution is -2.52. The monoisotopic (exact) mass is 530 g/mol. The van der Waals surface area contributed by atoms with Crippen molar-refractivity contribution in [1.82, 2.24) is 10.2 Å². The smallest absolute Gasteiger partial charge is 0.243 e. The lowest BCUT2D eigenvalue weighted by molar-refractivity contribution is -0.141. The van der Waals surface area contributed by atoms with Gasteiger partial charge < -0.3 is 19.7 Å². The summed E-state index contributed by atoms with van der Waals surface area (Å²) in [5, 5.41) is 3.19. The zero-order valence-corrected chi connectivity index (χ0v) is 22.1. The quantitative estimate of drug-likeness (QED) is 0.390. The molecule has 204 valence electrons. The number of hydrogen-bond acceptors (Lipinski definition) is 4. The maximum absolute atomic E-state index is 14.8. The van der Waals surface area contributed by atoms with Crippen LogP contribution in [0.15, 0.2) is 72.8 Å². The molecule has 1 aliphatic heterocycles. The molecule has 2 aliphatic rings. The minimum absolute atomic E-state index is 0.0161. The normalized spacial score (nSPS) is 15.5. The molecule has 3 aromatic rings. The SMILES string of the molecule is O=C(NC1CCCC1)[C@H](Cc1ccccc1)N(Cc1ccccc1F)C(=O)CCc1ccc2c(c1)OCCO2. The summed E-state index contributed by atoms with van der Waals surface area (Å²) < 4.78 is 26.1. The summed E-state index contributed by atoms with van der Waals surface area (Å²) in [5.74, 6) is 0.596. The van der Waals surface area contributed by atoms with E-state index in [9.17, 15) is 14.0 Å². The molecule has 0 spiro atoms. The van der Waals surface area contributed by atoms with Crippen LogP contribution in [0.1, 0.15) is 48.8 Å². The number of halogens is 1. The molecule has 7 heteroatoms. The Labute approximate surface area is 229 Å². The number of fused-ring (bicyclic) bond motifs is 1. The van der Waals surface area contributed by atoms with Crippen LogP contribution in [0.25, 0.3) is 0 Å². The Morgan fingerprint density at radius 3 is 2.38 bits per heavy atom. The predicted octanol–water partition coefficient (Wildman–Crippen LogP) is 5.23. The van der Waals surface area contributed by atoms with Crippen molar-refractivity contribution in [2.24, 2.45) is 0 Å². The number of rotatable bonds is 10. The first-order valence-electron chi connectivity index (χ1n) is 13.8. The van der Waals surface area contributed by atoms with E-state index < -0.39 is 11.9 Å². The van der Waals surface area contributed by atoms with Crippen molar-refractivity contribution in [2.75, 3.05) is 13.2 Å². The molecule has 1 fully saturated rings. The van der Waals surface area contributed by atoms with Crippen molar-refractivity contribution in [2.45, 2.75) is 63.6 Å². The van der Waals surface area contributed by atoms with Crippen molar-refractivity contribution >= 4 is 11.8 Å². The van der Waals surface area contributed by atoms with Gasteiger partial charge in [-0.25, -0.2) is 4.39 Å². The number of carbonyl (C=O) groups is 2. The van der Waals surface area contributed by atoms with Gasteiger partial charge in [-0.15, -0.1) is 0 Å². The van der Waals surface area contributed by atoms with Gasteiger partial charge in [-0.2, -0.15) is 0 Å². The number of ether oxygens (including phenoxy) is 2. The molecule has 0 radical (unpaired) electrons. The van der Waals surface area contributed by atoms with E-state index in [-0.39, 0.29) is 30.8 Å². The molecule has 1 saturated carbocycles. The maximum atomic E-state index is 14.8. The highest BCUT2D eigenvalue weighted by molar-refractivity contribution is 5.88. The molecule has 3 aromatic carbocycles. The van der Waals surface area contributed by atoms with Gasteiger partial charge in [0.25, 0.3) is 0 Å². The van der Waals surface area contributed by atoms with Gasteiger partial charge >= 0.3 is 0 Å². The molecule has 6 nitrogen and oxygen atoms in total. The van der Waals surface area contributed by atoms with Gasteiger partial charge in [0.2, 0.25) is 11.8 Å². The summed E-state index contributed by atoms with van der Waals surface area (Å²) in [6.07, 6.45) is 5.04. The average Bonchev–Trinajstić information content (AvgIpc) is 3.48. The zero-order valence-electron chi connectivity index (χ0n) is 22.1. The van der Waals surface area contributed by atoms with Crippen LogP contribution in [0, 0.1) is 5.82 Å². The summed E-state index contributed by atoms with van der Waals surface area (Å²) in [7, 11) is 0. The van der Waals surface area contributed by atoms with E-state index in [2.05, 4.69) is 5.32 Å². The van der Waals surface area contributed by atoms with Crippen LogP contribution in [0.4, 0.5) is 4.39 Å². The number of benzene rings is 3. The molecule has 1 atom stereocenters. The summed E-state index contributed by atoms with van der Waals surface area (Å²) in [5.41, 5.74) is 2.27. The fraction of sp³-hybridized carbons (Fsp3) is 0.375.